The fourth-order valence-electron chi connectivity index (χ4n) is 1.96. The van der Waals surface area contributed by atoms with Crippen LogP contribution in [0.1, 0.15) is 10.4 Å². The molecule has 2 heterocycles. The van der Waals surface area contributed by atoms with E-state index in [-0.39, 0.29) is 11.1 Å². The highest BCUT2D eigenvalue weighted by Gasteiger charge is 2.15. The molecule has 6 heteroatoms. The monoisotopic (exact) mass is 351 g/mol. The lowest BCUT2D eigenvalue weighted by Gasteiger charge is -2.06. The first-order chi connectivity index (χ1) is 9.56. The number of hydrogen-bond donors (Lipinski definition) is 1. The summed E-state index contributed by atoms with van der Waals surface area (Å²) in [4.78, 5) is 16.4. The molecule has 0 saturated carbocycles. The van der Waals surface area contributed by atoms with Gasteiger partial charge < -0.3 is 5.11 Å². The first kappa shape index (κ1) is 13.2. The number of rotatable bonds is 2. The van der Waals surface area contributed by atoms with Gasteiger partial charge in [0.25, 0.3) is 0 Å². The van der Waals surface area contributed by atoms with Crippen LogP contribution in [-0.2, 0) is 0 Å². The van der Waals surface area contributed by atoms with Gasteiger partial charge in [0.2, 0.25) is 0 Å². The third-order valence-electron chi connectivity index (χ3n) is 2.84. The molecule has 0 radical (unpaired) electrons. The summed E-state index contributed by atoms with van der Waals surface area (Å²) < 4.78 is 14.7. The van der Waals surface area contributed by atoms with E-state index in [1.807, 2.05) is 11.4 Å². The molecule has 0 bridgehead atoms. The molecule has 0 amide bonds. The van der Waals surface area contributed by atoms with Crippen molar-refractivity contribution < 1.29 is 14.3 Å². The van der Waals surface area contributed by atoms with E-state index in [0.717, 1.165) is 9.35 Å². The van der Waals surface area contributed by atoms with Crippen molar-refractivity contribution >= 4 is 44.1 Å². The molecule has 0 aliphatic rings. The zero-order chi connectivity index (χ0) is 14.3. The summed E-state index contributed by atoms with van der Waals surface area (Å²) in [6.07, 6.45) is 0. The Kier molecular flexibility index (Phi) is 3.27. The molecule has 1 aromatic carbocycles. The number of carboxylic acids is 1. The smallest absolute Gasteiger partial charge is 0.336 e. The Labute approximate surface area is 125 Å². The standard InChI is InChI=1S/C14H7BrFNO2S/c15-7-4-12(20-6-7)11-5-9(14(18)19)8-2-1-3-10(16)13(8)17-11/h1-6H,(H,18,19). The van der Waals surface area contributed by atoms with E-state index >= 15 is 0 Å². The number of nitrogens with zero attached hydrogens (tertiary/aromatic N) is 1. The first-order valence-electron chi connectivity index (χ1n) is 5.63. The van der Waals surface area contributed by atoms with Crippen molar-refractivity contribution in [3.63, 3.8) is 0 Å². The van der Waals surface area contributed by atoms with Crippen LogP contribution in [0.5, 0.6) is 0 Å². The summed E-state index contributed by atoms with van der Waals surface area (Å²) in [7, 11) is 0. The highest BCUT2D eigenvalue weighted by atomic mass is 79.9. The molecule has 2 aromatic heterocycles. The van der Waals surface area contributed by atoms with Crippen LogP contribution in [0.15, 0.2) is 40.2 Å². The van der Waals surface area contributed by atoms with Crippen LogP contribution in [-0.4, -0.2) is 16.1 Å². The Hall–Kier alpha value is -1.79. The van der Waals surface area contributed by atoms with Crippen molar-refractivity contribution in [1.82, 2.24) is 4.98 Å². The Morgan fingerprint density at radius 1 is 1.35 bits per heavy atom. The summed E-state index contributed by atoms with van der Waals surface area (Å²) in [6.45, 7) is 0. The van der Waals surface area contributed by atoms with Gasteiger partial charge in [0.15, 0.2) is 0 Å². The zero-order valence-corrected chi connectivity index (χ0v) is 12.3. The minimum Gasteiger partial charge on any atom is -0.478 e. The fraction of sp³-hybridized carbons (Fsp3) is 0. The Morgan fingerprint density at radius 2 is 2.15 bits per heavy atom. The van der Waals surface area contributed by atoms with E-state index in [0.29, 0.717) is 11.1 Å². The molecule has 3 aromatic rings. The average molecular weight is 352 g/mol. The summed E-state index contributed by atoms with van der Waals surface area (Å²) in [5.41, 5.74) is 0.580. The lowest BCUT2D eigenvalue weighted by Crippen LogP contribution is -2.01. The molecule has 0 aliphatic heterocycles. The summed E-state index contributed by atoms with van der Waals surface area (Å²) in [5, 5.41) is 11.5. The number of pyridine rings is 1. The van der Waals surface area contributed by atoms with E-state index in [1.54, 1.807) is 6.07 Å². The van der Waals surface area contributed by atoms with Crippen LogP contribution >= 0.6 is 27.3 Å². The maximum absolute atomic E-state index is 13.9. The van der Waals surface area contributed by atoms with Crippen LogP contribution in [0.2, 0.25) is 0 Å². The van der Waals surface area contributed by atoms with Crippen molar-refractivity contribution in [1.29, 1.82) is 0 Å². The average Bonchev–Trinajstić information content (AvgIpc) is 2.85. The highest BCUT2D eigenvalue weighted by molar-refractivity contribution is 9.10. The minimum atomic E-state index is -1.10. The van der Waals surface area contributed by atoms with Gasteiger partial charge >= 0.3 is 5.97 Å². The number of halogens is 2. The van der Waals surface area contributed by atoms with Crippen LogP contribution < -0.4 is 0 Å². The molecule has 0 fully saturated rings. The number of fused-ring (bicyclic) bond motifs is 1. The van der Waals surface area contributed by atoms with Crippen LogP contribution in [0.3, 0.4) is 0 Å². The van der Waals surface area contributed by atoms with Gasteiger partial charge in [-0.05, 0) is 34.1 Å². The zero-order valence-electron chi connectivity index (χ0n) is 9.93. The summed E-state index contributed by atoms with van der Waals surface area (Å²) >= 11 is 4.75. The second-order valence-electron chi connectivity index (χ2n) is 4.13. The van der Waals surface area contributed by atoms with Gasteiger partial charge in [0.1, 0.15) is 11.3 Å². The quantitative estimate of drug-likeness (QED) is 0.735. The van der Waals surface area contributed by atoms with Crippen LogP contribution in [0.25, 0.3) is 21.5 Å². The highest BCUT2D eigenvalue weighted by Crippen LogP contribution is 2.32. The Balaban J connectivity index is 2.35. The van der Waals surface area contributed by atoms with Crippen molar-refractivity contribution in [3.8, 4) is 10.6 Å². The van der Waals surface area contributed by atoms with Gasteiger partial charge in [0, 0.05) is 15.2 Å². The van der Waals surface area contributed by atoms with Crippen molar-refractivity contribution in [2.75, 3.05) is 0 Å². The summed E-state index contributed by atoms with van der Waals surface area (Å²) in [5.74, 6) is -1.62. The second kappa shape index (κ2) is 4.96. The van der Waals surface area contributed by atoms with Crippen LogP contribution in [0.4, 0.5) is 4.39 Å². The molecule has 0 saturated heterocycles. The predicted molar refractivity (Wildman–Crippen MR) is 79.7 cm³/mol. The molecule has 0 aliphatic carbocycles. The number of thiophene rings is 1. The third kappa shape index (κ3) is 2.21. The van der Waals surface area contributed by atoms with Crippen molar-refractivity contribution in [2.24, 2.45) is 0 Å². The minimum absolute atomic E-state index is 0.0500. The first-order valence-corrected chi connectivity index (χ1v) is 7.30. The number of hydrogen-bond acceptors (Lipinski definition) is 3. The topological polar surface area (TPSA) is 50.2 Å². The molecule has 0 unspecified atom stereocenters. The largest absolute Gasteiger partial charge is 0.478 e. The number of benzene rings is 1. The Morgan fingerprint density at radius 3 is 2.80 bits per heavy atom. The molecular formula is C14H7BrFNO2S. The van der Waals surface area contributed by atoms with Gasteiger partial charge in [-0.2, -0.15) is 0 Å². The summed E-state index contributed by atoms with van der Waals surface area (Å²) in [6, 6.07) is 7.61. The normalized spacial score (nSPS) is 10.9. The molecule has 100 valence electrons. The number of para-hydroxylation sites is 1. The van der Waals surface area contributed by atoms with E-state index in [1.165, 1.54) is 29.5 Å². The van der Waals surface area contributed by atoms with Crippen molar-refractivity contribution in [2.45, 2.75) is 0 Å². The van der Waals surface area contributed by atoms with E-state index in [2.05, 4.69) is 20.9 Å². The van der Waals surface area contributed by atoms with Crippen molar-refractivity contribution in [3.05, 3.63) is 51.6 Å². The SMILES string of the molecule is O=C(O)c1cc(-c2cc(Br)cs2)nc2c(F)cccc12. The predicted octanol–water partition coefficient (Wildman–Crippen LogP) is 4.56. The molecule has 3 rings (SSSR count). The maximum atomic E-state index is 13.9. The number of carboxylic acid groups (broad SMARTS) is 1. The molecule has 3 nitrogen and oxygen atoms in total. The lowest BCUT2D eigenvalue weighted by molar-refractivity contribution is 0.0699. The molecular weight excluding hydrogens is 345 g/mol. The number of aromatic nitrogens is 1. The fourth-order valence-corrected chi connectivity index (χ4v) is 3.35. The van der Waals surface area contributed by atoms with Crippen LogP contribution in [0, 0.1) is 5.82 Å². The van der Waals surface area contributed by atoms with E-state index in [9.17, 15) is 14.3 Å². The van der Waals surface area contributed by atoms with E-state index in [4.69, 9.17) is 0 Å². The second-order valence-corrected chi connectivity index (χ2v) is 5.95. The van der Waals surface area contributed by atoms with Gasteiger partial charge in [-0.15, -0.1) is 11.3 Å². The molecule has 0 spiro atoms. The molecule has 20 heavy (non-hydrogen) atoms. The maximum Gasteiger partial charge on any atom is 0.336 e. The third-order valence-corrected chi connectivity index (χ3v) is 4.55. The molecule has 1 N–H and O–H groups in total. The van der Waals surface area contributed by atoms with Gasteiger partial charge in [-0.25, -0.2) is 14.2 Å². The van der Waals surface area contributed by atoms with Gasteiger partial charge in [-0.3, -0.25) is 0 Å². The lowest BCUT2D eigenvalue weighted by atomic mass is 10.1. The number of carbonyl (C=O) groups is 1. The Bertz CT molecular complexity index is 831. The molecule has 0 atom stereocenters. The van der Waals surface area contributed by atoms with Gasteiger partial charge in [-0.1, -0.05) is 12.1 Å². The number of aromatic carboxylic acids is 1. The van der Waals surface area contributed by atoms with E-state index < -0.39 is 11.8 Å². The van der Waals surface area contributed by atoms with Gasteiger partial charge in [0.05, 0.1) is 16.1 Å².